The fourth-order valence-electron chi connectivity index (χ4n) is 6.40. The van der Waals surface area contributed by atoms with E-state index in [1.54, 1.807) is 36.4 Å². The molecule has 13 nitrogen and oxygen atoms in total. The van der Waals surface area contributed by atoms with Crippen LogP contribution in [0.2, 0.25) is 0 Å². The summed E-state index contributed by atoms with van der Waals surface area (Å²) >= 11 is 0. The highest BCUT2D eigenvalue weighted by molar-refractivity contribution is 7.89. The van der Waals surface area contributed by atoms with Crippen LogP contribution in [0.15, 0.2) is 70.4 Å². The number of carbonyl (C=O) groups is 3. The zero-order valence-electron chi connectivity index (χ0n) is 30.5. The smallest absolute Gasteiger partial charge is 0.407 e. The summed E-state index contributed by atoms with van der Waals surface area (Å²) < 4.78 is 32.3. The zero-order valence-corrected chi connectivity index (χ0v) is 31.3. The summed E-state index contributed by atoms with van der Waals surface area (Å²) in [6, 6.07) is 16.4. The van der Waals surface area contributed by atoms with E-state index < -0.39 is 33.7 Å². The first kappa shape index (κ1) is 38.3. The van der Waals surface area contributed by atoms with Gasteiger partial charge in [0.2, 0.25) is 21.8 Å². The Bertz CT molecular complexity index is 2110. The molecule has 5 rings (SSSR count). The van der Waals surface area contributed by atoms with Crippen molar-refractivity contribution in [2.24, 2.45) is 11.8 Å². The molecule has 278 valence electrons. The molecule has 1 atom stereocenters. The lowest BCUT2D eigenvalue weighted by molar-refractivity contribution is -0.130. The van der Waals surface area contributed by atoms with Crippen LogP contribution in [0.4, 0.5) is 10.5 Å². The number of fused-ring (bicyclic) bond motifs is 1. The third kappa shape index (κ3) is 9.48. The molecule has 0 aliphatic heterocycles. The molecule has 0 radical (unpaired) electrons. The molecule has 1 fully saturated rings. The fourth-order valence-corrected chi connectivity index (χ4v) is 7.33. The van der Waals surface area contributed by atoms with Crippen LogP contribution in [0.3, 0.4) is 0 Å². The number of nitrogens with zero attached hydrogens (tertiary/aromatic N) is 1. The van der Waals surface area contributed by atoms with Crippen LogP contribution in [0.25, 0.3) is 22.0 Å². The number of H-pyrrole nitrogens is 2. The lowest BCUT2D eigenvalue weighted by atomic mass is 9.81. The van der Waals surface area contributed by atoms with Crippen LogP contribution >= 0.6 is 0 Å². The summed E-state index contributed by atoms with van der Waals surface area (Å²) in [7, 11) is -0.688. The highest BCUT2D eigenvalue weighted by Crippen LogP contribution is 2.30. The Kier molecular flexibility index (Phi) is 11.6. The van der Waals surface area contributed by atoms with Gasteiger partial charge in [-0.25, -0.2) is 17.5 Å². The van der Waals surface area contributed by atoms with Gasteiger partial charge in [0, 0.05) is 38.7 Å². The summed E-state index contributed by atoms with van der Waals surface area (Å²) in [5.41, 5.74) is 3.28. The summed E-state index contributed by atoms with van der Waals surface area (Å²) in [5.74, 6) is -0.744. The number of nitrogens with one attached hydrogen (secondary N) is 5. The van der Waals surface area contributed by atoms with Crippen molar-refractivity contribution in [1.29, 1.82) is 0 Å². The Balaban J connectivity index is 1.33. The SMILES string of the molecule is Cc1ccc(S(=O)(=O)N(C)C)cc1-c1cccc(C[C@H](NC(=O)C2CCC(CNC(=O)OC(C)(C)C)CC2)C(=O)Nc2ccc3c(=O)[nH][nH]c3c2)c1. The molecule has 1 aliphatic rings. The van der Waals surface area contributed by atoms with Gasteiger partial charge in [-0.05, 0) is 112 Å². The summed E-state index contributed by atoms with van der Waals surface area (Å²) in [6.45, 7) is 7.80. The molecule has 3 amide bonds. The Hall–Kier alpha value is -4.95. The standard InChI is InChI=1S/C38H48N6O7S/c1-23-10-16-29(52(49,50)44(5)6)21-31(23)27-9-7-8-25(18-27)19-33(36(47)40-28-15-17-30-32(20-28)42-43-35(30)46)41-34(45)26-13-11-24(12-14-26)22-39-37(48)51-38(2,3)4/h7-10,15-18,20-21,24,26,33H,11-14,19,22H2,1-6H3,(H,39,48)(H,40,47)(H,41,45)(H2,42,43,46)/t24?,26?,33-/m0/s1. The summed E-state index contributed by atoms with van der Waals surface area (Å²) in [6.07, 6.45) is 2.40. The van der Waals surface area contributed by atoms with Crippen molar-refractivity contribution in [3.63, 3.8) is 0 Å². The minimum absolute atomic E-state index is 0.165. The van der Waals surface area contributed by atoms with Crippen molar-refractivity contribution in [3.05, 3.63) is 82.1 Å². The Morgan fingerprint density at radius 3 is 2.38 bits per heavy atom. The molecule has 3 aromatic carbocycles. The minimum atomic E-state index is -3.66. The number of aryl methyl sites for hydroxylation is 1. The van der Waals surface area contributed by atoms with E-state index in [1.165, 1.54) is 18.4 Å². The van der Waals surface area contributed by atoms with Crippen LogP contribution in [0.5, 0.6) is 0 Å². The Labute approximate surface area is 303 Å². The quantitative estimate of drug-likeness (QED) is 0.143. The van der Waals surface area contributed by atoms with Gasteiger partial charge in [0.05, 0.1) is 15.8 Å². The largest absolute Gasteiger partial charge is 0.444 e. The molecule has 5 N–H and O–H groups in total. The van der Waals surface area contributed by atoms with Gasteiger partial charge in [0.25, 0.3) is 5.56 Å². The number of alkyl carbamates (subject to hydrolysis) is 1. The number of amides is 3. The number of aromatic amines is 2. The zero-order chi connectivity index (χ0) is 37.8. The molecule has 1 aromatic heterocycles. The molecule has 1 heterocycles. The minimum Gasteiger partial charge on any atom is -0.444 e. The van der Waals surface area contributed by atoms with E-state index >= 15 is 0 Å². The molecular weight excluding hydrogens is 685 g/mol. The van der Waals surface area contributed by atoms with Gasteiger partial charge in [0.15, 0.2) is 0 Å². The lowest BCUT2D eigenvalue weighted by Crippen LogP contribution is -2.48. The number of anilines is 1. The number of benzene rings is 3. The van der Waals surface area contributed by atoms with E-state index in [0.29, 0.717) is 36.0 Å². The van der Waals surface area contributed by atoms with Crippen LogP contribution in [-0.4, -0.2) is 73.1 Å². The number of rotatable bonds is 11. The first-order chi connectivity index (χ1) is 24.5. The summed E-state index contributed by atoms with van der Waals surface area (Å²) in [4.78, 5) is 51.9. The first-order valence-electron chi connectivity index (χ1n) is 17.4. The van der Waals surface area contributed by atoms with E-state index in [9.17, 15) is 27.6 Å². The van der Waals surface area contributed by atoms with E-state index in [1.807, 2.05) is 52.0 Å². The van der Waals surface area contributed by atoms with Crippen molar-refractivity contribution >= 4 is 44.5 Å². The van der Waals surface area contributed by atoms with Crippen molar-refractivity contribution in [3.8, 4) is 11.1 Å². The third-order valence-corrected chi connectivity index (χ3v) is 11.1. The lowest BCUT2D eigenvalue weighted by Gasteiger charge is -2.29. The van der Waals surface area contributed by atoms with Crippen molar-refractivity contribution < 1.29 is 27.5 Å². The molecule has 0 saturated heterocycles. The number of hydrogen-bond donors (Lipinski definition) is 5. The van der Waals surface area contributed by atoms with Crippen molar-refractivity contribution in [2.75, 3.05) is 26.0 Å². The van der Waals surface area contributed by atoms with Crippen LogP contribution in [0.1, 0.15) is 57.6 Å². The number of sulfonamides is 1. The number of carbonyl (C=O) groups excluding carboxylic acids is 3. The highest BCUT2D eigenvalue weighted by atomic mass is 32.2. The molecule has 0 bridgehead atoms. The van der Waals surface area contributed by atoms with Gasteiger partial charge in [0.1, 0.15) is 11.6 Å². The third-order valence-electron chi connectivity index (χ3n) is 9.29. The Morgan fingerprint density at radius 2 is 1.69 bits per heavy atom. The maximum Gasteiger partial charge on any atom is 0.407 e. The first-order valence-corrected chi connectivity index (χ1v) is 18.8. The molecule has 1 aliphatic carbocycles. The van der Waals surface area contributed by atoms with Gasteiger partial charge in [-0.2, -0.15) is 0 Å². The molecule has 0 unspecified atom stereocenters. The fraction of sp³-hybridized carbons (Fsp3) is 0.421. The van der Waals surface area contributed by atoms with E-state index in [-0.39, 0.29) is 34.6 Å². The predicted octanol–water partition coefficient (Wildman–Crippen LogP) is 5.08. The van der Waals surface area contributed by atoms with E-state index in [0.717, 1.165) is 35.1 Å². The normalized spacial score (nSPS) is 17.1. The van der Waals surface area contributed by atoms with Gasteiger partial charge in [-0.3, -0.25) is 24.6 Å². The highest BCUT2D eigenvalue weighted by Gasteiger charge is 2.30. The van der Waals surface area contributed by atoms with E-state index in [4.69, 9.17) is 4.74 Å². The topological polar surface area (TPSA) is 183 Å². The van der Waals surface area contributed by atoms with Crippen molar-refractivity contribution in [1.82, 2.24) is 25.1 Å². The number of ether oxygens (including phenoxy) is 1. The van der Waals surface area contributed by atoms with Gasteiger partial charge in [-0.15, -0.1) is 0 Å². The molecule has 4 aromatic rings. The summed E-state index contributed by atoms with van der Waals surface area (Å²) in [5, 5.41) is 14.5. The second-order valence-corrected chi connectivity index (χ2v) is 16.8. The van der Waals surface area contributed by atoms with E-state index in [2.05, 4.69) is 26.1 Å². The van der Waals surface area contributed by atoms with Gasteiger partial charge < -0.3 is 20.7 Å². The van der Waals surface area contributed by atoms with Gasteiger partial charge >= 0.3 is 6.09 Å². The number of hydrogen-bond acceptors (Lipinski definition) is 7. The van der Waals surface area contributed by atoms with Crippen LogP contribution in [0, 0.1) is 18.8 Å². The maximum atomic E-state index is 13.9. The second-order valence-electron chi connectivity index (χ2n) is 14.7. The predicted molar refractivity (Wildman–Crippen MR) is 200 cm³/mol. The molecule has 14 heteroatoms. The van der Waals surface area contributed by atoms with Crippen LogP contribution in [-0.2, 0) is 30.8 Å². The van der Waals surface area contributed by atoms with Crippen molar-refractivity contribution in [2.45, 2.75) is 76.3 Å². The molecule has 52 heavy (non-hydrogen) atoms. The second kappa shape index (κ2) is 15.7. The van der Waals surface area contributed by atoms with Gasteiger partial charge in [-0.1, -0.05) is 30.3 Å². The molecular formula is C38H48N6O7S. The Morgan fingerprint density at radius 1 is 0.962 bits per heavy atom. The number of aromatic nitrogens is 2. The van der Waals surface area contributed by atoms with Crippen LogP contribution < -0.4 is 21.5 Å². The monoisotopic (exact) mass is 732 g/mol. The molecule has 1 saturated carbocycles. The molecule has 0 spiro atoms. The average molecular weight is 733 g/mol. The average Bonchev–Trinajstić information content (AvgIpc) is 3.46. The maximum absolute atomic E-state index is 13.9.